The van der Waals surface area contributed by atoms with E-state index >= 15 is 0 Å². The summed E-state index contributed by atoms with van der Waals surface area (Å²) in [6.07, 6.45) is 2.22. The SMILES string of the molecule is O=C(NNC(=O)[C@H]1C[C@@H]1c1ccccc1)c1ccco1. The lowest BCUT2D eigenvalue weighted by Gasteiger charge is -2.05. The zero-order valence-electron chi connectivity index (χ0n) is 10.7. The van der Waals surface area contributed by atoms with Gasteiger partial charge in [0.15, 0.2) is 5.76 Å². The Bertz CT molecular complexity index is 607. The molecule has 2 atom stereocenters. The number of benzene rings is 1. The van der Waals surface area contributed by atoms with Gasteiger partial charge in [-0.15, -0.1) is 0 Å². The molecule has 2 amide bonds. The lowest BCUT2D eigenvalue weighted by atomic mass is 10.1. The van der Waals surface area contributed by atoms with E-state index in [1.807, 2.05) is 30.3 Å². The zero-order chi connectivity index (χ0) is 13.9. The number of hydrogen-bond donors (Lipinski definition) is 2. The van der Waals surface area contributed by atoms with Crippen molar-refractivity contribution in [1.29, 1.82) is 0 Å². The number of hydrazine groups is 1. The second-order valence-corrected chi connectivity index (χ2v) is 4.78. The van der Waals surface area contributed by atoms with Crippen molar-refractivity contribution in [1.82, 2.24) is 10.9 Å². The van der Waals surface area contributed by atoms with Crippen LogP contribution in [0.1, 0.15) is 28.5 Å². The normalized spacial score (nSPS) is 20.2. The fourth-order valence-electron chi connectivity index (χ4n) is 2.23. The Morgan fingerprint density at radius 3 is 2.55 bits per heavy atom. The summed E-state index contributed by atoms with van der Waals surface area (Å²) >= 11 is 0. The summed E-state index contributed by atoms with van der Waals surface area (Å²) in [7, 11) is 0. The van der Waals surface area contributed by atoms with Crippen molar-refractivity contribution in [2.75, 3.05) is 0 Å². The van der Waals surface area contributed by atoms with Crippen LogP contribution in [0.2, 0.25) is 0 Å². The lowest BCUT2D eigenvalue weighted by molar-refractivity contribution is -0.123. The van der Waals surface area contributed by atoms with Crippen molar-refractivity contribution in [3.05, 3.63) is 60.1 Å². The van der Waals surface area contributed by atoms with E-state index in [-0.39, 0.29) is 23.5 Å². The first-order valence-electron chi connectivity index (χ1n) is 6.44. The van der Waals surface area contributed by atoms with Gasteiger partial charge in [-0.05, 0) is 30.0 Å². The molecule has 0 aliphatic heterocycles. The Kier molecular flexibility index (Phi) is 3.25. The fraction of sp³-hybridized carbons (Fsp3) is 0.200. The van der Waals surface area contributed by atoms with Crippen LogP contribution in [0.15, 0.2) is 53.1 Å². The maximum absolute atomic E-state index is 11.9. The molecule has 1 fully saturated rings. The molecular weight excluding hydrogens is 256 g/mol. The van der Waals surface area contributed by atoms with Crippen LogP contribution >= 0.6 is 0 Å². The summed E-state index contributed by atoms with van der Waals surface area (Å²) in [6, 6.07) is 13.0. The Balaban J connectivity index is 1.51. The minimum atomic E-state index is -0.458. The van der Waals surface area contributed by atoms with Gasteiger partial charge in [0.2, 0.25) is 5.91 Å². The highest BCUT2D eigenvalue weighted by Gasteiger charge is 2.43. The molecule has 1 aliphatic rings. The summed E-state index contributed by atoms with van der Waals surface area (Å²) in [5.41, 5.74) is 5.94. The highest BCUT2D eigenvalue weighted by Crippen LogP contribution is 2.47. The van der Waals surface area contributed by atoms with Crippen molar-refractivity contribution in [2.24, 2.45) is 5.92 Å². The number of furan rings is 1. The minimum absolute atomic E-state index is 0.0747. The van der Waals surface area contributed by atoms with Crippen LogP contribution in [-0.2, 0) is 4.79 Å². The highest BCUT2D eigenvalue weighted by molar-refractivity contribution is 5.93. The second kappa shape index (κ2) is 5.21. The lowest BCUT2D eigenvalue weighted by Crippen LogP contribution is -2.42. The molecule has 20 heavy (non-hydrogen) atoms. The molecule has 1 saturated carbocycles. The zero-order valence-corrected chi connectivity index (χ0v) is 10.7. The largest absolute Gasteiger partial charge is 0.459 e. The number of carbonyl (C=O) groups excluding carboxylic acids is 2. The smallest absolute Gasteiger partial charge is 0.305 e. The van der Waals surface area contributed by atoms with E-state index in [4.69, 9.17) is 4.42 Å². The van der Waals surface area contributed by atoms with E-state index in [2.05, 4.69) is 10.9 Å². The van der Waals surface area contributed by atoms with Gasteiger partial charge in [0.05, 0.1) is 6.26 Å². The number of hydrogen-bond acceptors (Lipinski definition) is 3. The van der Waals surface area contributed by atoms with Crippen molar-refractivity contribution < 1.29 is 14.0 Å². The van der Waals surface area contributed by atoms with Crippen molar-refractivity contribution >= 4 is 11.8 Å². The topological polar surface area (TPSA) is 71.3 Å². The molecular formula is C15H14N2O3. The van der Waals surface area contributed by atoms with Crippen LogP contribution in [0.25, 0.3) is 0 Å². The van der Waals surface area contributed by atoms with Gasteiger partial charge >= 0.3 is 5.91 Å². The average Bonchev–Trinajstić information content (AvgIpc) is 3.10. The molecule has 102 valence electrons. The number of nitrogens with one attached hydrogen (secondary N) is 2. The van der Waals surface area contributed by atoms with Gasteiger partial charge in [-0.1, -0.05) is 30.3 Å². The van der Waals surface area contributed by atoms with Crippen LogP contribution < -0.4 is 10.9 Å². The Morgan fingerprint density at radius 2 is 1.85 bits per heavy atom. The van der Waals surface area contributed by atoms with Crippen LogP contribution in [0, 0.1) is 5.92 Å². The third-order valence-electron chi connectivity index (χ3n) is 3.40. The maximum Gasteiger partial charge on any atom is 0.305 e. The molecule has 1 aromatic heterocycles. The van der Waals surface area contributed by atoms with Crippen LogP contribution in [0.4, 0.5) is 0 Å². The van der Waals surface area contributed by atoms with Gasteiger partial charge in [0, 0.05) is 5.92 Å². The van der Waals surface area contributed by atoms with Crippen LogP contribution in [-0.4, -0.2) is 11.8 Å². The Hall–Kier alpha value is -2.56. The third-order valence-corrected chi connectivity index (χ3v) is 3.40. The number of carbonyl (C=O) groups is 2. The van der Waals surface area contributed by atoms with Gasteiger partial charge in [-0.3, -0.25) is 20.4 Å². The minimum Gasteiger partial charge on any atom is -0.459 e. The molecule has 2 N–H and O–H groups in total. The molecule has 0 spiro atoms. The summed E-state index contributed by atoms with van der Waals surface area (Å²) in [4.78, 5) is 23.5. The monoisotopic (exact) mass is 270 g/mol. The van der Waals surface area contributed by atoms with Gasteiger partial charge in [-0.25, -0.2) is 0 Å². The molecule has 1 heterocycles. The molecule has 0 bridgehead atoms. The van der Waals surface area contributed by atoms with E-state index in [0.29, 0.717) is 0 Å². The van der Waals surface area contributed by atoms with Gasteiger partial charge in [-0.2, -0.15) is 0 Å². The Labute approximate surface area is 115 Å². The quantitative estimate of drug-likeness (QED) is 0.836. The Morgan fingerprint density at radius 1 is 1.05 bits per heavy atom. The van der Waals surface area contributed by atoms with Crippen LogP contribution in [0.5, 0.6) is 0 Å². The first-order valence-corrected chi connectivity index (χ1v) is 6.44. The van der Waals surface area contributed by atoms with Crippen molar-refractivity contribution in [3.63, 3.8) is 0 Å². The van der Waals surface area contributed by atoms with Gasteiger partial charge in [0.25, 0.3) is 0 Å². The molecule has 1 aromatic carbocycles. The van der Waals surface area contributed by atoms with E-state index in [9.17, 15) is 9.59 Å². The fourth-order valence-corrected chi connectivity index (χ4v) is 2.23. The van der Waals surface area contributed by atoms with Crippen molar-refractivity contribution in [2.45, 2.75) is 12.3 Å². The van der Waals surface area contributed by atoms with Crippen LogP contribution in [0.3, 0.4) is 0 Å². The molecule has 0 radical (unpaired) electrons. The van der Waals surface area contributed by atoms with E-state index in [1.54, 1.807) is 6.07 Å². The molecule has 2 aromatic rings. The highest BCUT2D eigenvalue weighted by atomic mass is 16.3. The second-order valence-electron chi connectivity index (χ2n) is 4.78. The molecule has 0 unspecified atom stereocenters. The summed E-state index contributed by atoms with van der Waals surface area (Å²) in [5.74, 6) is -0.286. The van der Waals surface area contributed by atoms with E-state index in [0.717, 1.165) is 12.0 Å². The number of rotatable bonds is 3. The molecule has 5 nitrogen and oxygen atoms in total. The standard InChI is InChI=1S/C15H14N2O3/c18-14(16-17-15(19)13-7-4-8-20-13)12-9-11(12)10-5-2-1-3-6-10/h1-8,11-12H,9H2,(H,16,18)(H,17,19)/t11-,12+/m1/s1. The third kappa shape index (κ3) is 2.56. The first kappa shape index (κ1) is 12.5. The van der Waals surface area contributed by atoms with Gasteiger partial charge < -0.3 is 4.42 Å². The average molecular weight is 270 g/mol. The molecule has 1 aliphatic carbocycles. The molecule has 5 heteroatoms. The first-order chi connectivity index (χ1) is 9.75. The maximum atomic E-state index is 11.9. The van der Waals surface area contributed by atoms with E-state index in [1.165, 1.54) is 12.3 Å². The molecule has 3 rings (SSSR count). The molecule has 0 saturated heterocycles. The predicted octanol–water partition coefficient (Wildman–Crippen LogP) is 1.84. The van der Waals surface area contributed by atoms with Crippen molar-refractivity contribution in [3.8, 4) is 0 Å². The van der Waals surface area contributed by atoms with E-state index < -0.39 is 5.91 Å². The summed E-state index contributed by atoms with van der Waals surface area (Å²) in [5, 5.41) is 0. The number of amides is 2. The summed E-state index contributed by atoms with van der Waals surface area (Å²) < 4.78 is 4.93. The van der Waals surface area contributed by atoms with Gasteiger partial charge in [0.1, 0.15) is 0 Å². The predicted molar refractivity (Wildman–Crippen MR) is 71.6 cm³/mol. The summed E-state index contributed by atoms with van der Waals surface area (Å²) in [6.45, 7) is 0.